The van der Waals surface area contributed by atoms with Crippen LogP contribution in [0.4, 0.5) is 0 Å². The predicted octanol–water partition coefficient (Wildman–Crippen LogP) is 2.11. The summed E-state index contributed by atoms with van der Waals surface area (Å²) in [6, 6.07) is 5.29. The Bertz CT molecular complexity index is 806. The highest BCUT2D eigenvalue weighted by Crippen LogP contribution is 2.22. The van der Waals surface area contributed by atoms with Crippen molar-refractivity contribution in [2.75, 3.05) is 45.8 Å². The number of rotatable bonds is 4. The Morgan fingerprint density at radius 2 is 1.61 bits per heavy atom. The Balaban J connectivity index is 1.56. The average molecular weight is 408 g/mol. The van der Waals surface area contributed by atoms with Gasteiger partial charge in [0, 0.05) is 39.3 Å². The number of piperazine rings is 1. The van der Waals surface area contributed by atoms with Crippen molar-refractivity contribution in [3.05, 3.63) is 29.3 Å². The summed E-state index contributed by atoms with van der Waals surface area (Å²) in [5.74, 6) is 1.27. The minimum atomic E-state index is -3.48. The van der Waals surface area contributed by atoms with Gasteiger partial charge >= 0.3 is 0 Å². The van der Waals surface area contributed by atoms with Gasteiger partial charge in [0.1, 0.15) is 0 Å². The second-order valence-electron chi connectivity index (χ2n) is 8.67. The summed E-state index contributed by atoms with van der Waals surface area (Å²) in [5.41, 5.74) is 2.07. The predicted molar refractivity (Wildman–Crippen MR) is 111 cm³/mol. The first-order valence-corrected chi connectivity index (χ1v) is 11.7. The Kier molecular flexibility index (Phi) is 6.47. The number of sulfonamides is 1. The number of nitrogens with zero attached hydrogens (tertiary/aromatic N) is 3. The summed E-state index contributed by atoms with van der Waals surface area (Å²) in [4.78, 5) is 17.1. The number of hydrogen-bond acceptors (Lipinski definition) is 4. The van der Waals surface area contributed by atoms with E-state index in [9.17, 15) is 13.2 Å². The van der Waals surface area contributed by atoms with Crippen LogP contribution < -0.4 is 0 Å². The summed E-state index contributed by atoms with van der Waals surface area (Å²) in [6.45, 7) is 12.4. The Morgan fingerprint density at radius 3 is 2.18 bits per heavy atom. The molecule has 2 heterocycles. The zero-order chi connectivity index (χ0) is 20.5. The lowest BCUT2D eigenvalue weighted by atomic mass is 9.92. The van der Waals surface area contributed by atoms with Crippen LogP contribution in [0, 0.1) is 25.7 Å². The second-order valence-corrected chi connectivity index (χ2v) is 10.6. The van der Waals surface area contributed by atoms with Crippen molar-refractivity contribution < 1.29 is 13.2 Å². The highest BCUT2D eigenvalue weighted by molar-refractivity contribution is 7.89. The largest absolute Gasteiger partial charge is 0.341 e. The fourth-order valence-corrected chi connectivity index (χ4v) is 5.82. The summed E-state index contributed by atoms with van der Waals surface area (Å²) < 4.78 is 27.4. The van der Waals surface area contributed by atoms with E-state index in [1.54, 1.807) is 16.4 Å². The van der Waals surface area contributed by atoms with Gasteiger partial charge in [0.25, 0.3) is 0 Å². The van der Waals surface area contributed by atoms with Crippen molar-refractivity contribution in [2.45, 2.75) is 39.0 Å². The molecule has 1 aromatic carbocycles. The minimum absolute atomic E-state index is 0.170. The van der Waals surface area contributed by atoms with E-state index in [1.807, 2.05) is 24.8 Å². The van der Waals surface area contributed by atoms with Crippen molar-refractivity contribution >= 4 is 15.9 Å². The SMILES string of the molecule is Cc1ccc(S(=O)(=O)N2CCN(CC(=O)N3CC(C)CC(C)C3)CC2)cc1C. The molecule has 7 heteroatoms. The molecule has 0 radical (unpaired) electrons. The highest BCUT2D eigenvalue weighted by atomic mass is 32.2. The molecule has 0 saturated carbocycles. The highest BCUT2D eigenvalue weighted by Gasteiger charge is 2.31. The van der Waals surface area contributed by atoms with Gasteiger partial charge in [-0.2, -0.15) is 4.31 Å². The van der Waals surface area contributed by atoms with Crippen molar-refractivity contribution in [3.63, 3.8) is 0 Å². The molecule has 1 amide bonds. The van der Waals surface area contributed by atoms with Crippen LogP contribution in [-0.2, 0) is 14.8 Å². The van der Waals surface area contributed by atoms with Gasteiger partial charge in [-0.15, -0.1) is 0 Å². The maximum absolute atomic E-state index is 12.9. The Labute approximate surface area is 169 Å². The lowest BCUT2D eigenvalue weighted by molar-refractivity contribution is -0.135. The number of piperidine rings is 1. The average Bonchev–Trinajstić information content (AvgIpc) is 2.63. The topological polar surface area (TPSA) is 60.9 Å². The third-order valence-electron chi connectivity index (χ3n) is 6.03. The van der Waals surface area contributed by atoms with Crippen LogP contribution in [0.5, 0.6) is 0 Å². The number of carbonyl (C=O) groups excluding carboxylic acids is 1. The third kappa shape index (κ3) is 4.75. The summed E-state index contributed by atoms with van der Waals surface area (Å²) in [5, 5.41) is 0. The smallest absolute Gasteiger partial charge is 0.243 e. The van der Waals surface area contributed by atoms with Crippen molar-refractivity contribution in [1.29, 1.82) is 0 Å². The van der Waals surface area contributed by atoms with Gasteiger partial charge in [-0.25, -0.2) is 8.42 Å². The summed E-state index contributed by atoms with van der Waals surface area (Å²) in [7, 11) is -3.48. The van der Waals surface area contributed by atoms with Gasteiger partial charge in [-0.05, 0) is 55.4 Å². The van der Waals surface area contributed by atoms with E-state index in [2.05, 4.69) is 18.7 Å². The van der Waals surface area contributed by atoms with E-state index >= 15 is 0 Å². The third-order valence-corrected chi connectivity index (χ3v) is 7.92. The molecule has 28 heavy (non-hydrogen) atoms. The first-order chi connectivity index (χ1) is 13.2. The van der Waals surface area contributed by atoms with E-state index in [4.69, 9.17) is 0 Å². The molecule has 0 N–H and O–H groups in total. The summed E-state index contributed by atoms with van der Waals surface area (Å²) in [6.07, 6.45) is 1.18. The molecular weight excluding hydrogens is 374 g/mol. The molecule has 2 aliphatic rings. The molecule has 2 unspecified atom stereocenters. The maximum atomic E-state index is 12.9. The van der Waals surface area contributed by atoms with Crippen LogP contribution in [0.1, 0.15) is 31.4 Å². The molecule has 2 saturated heterocycles. The molecule has 3 rings (SSSR count). The molecule has 2 fully saturated rings. The fourth-order valence-electron chi connectivity index (χ4n) is 4.31. The van der Waals surface area contributed by atoms with Crippen LogP contribution in [-0.4, -0.2) is 74.2 Å². The molecule has 6 nitrogen and oxygen atoms in total. The number of carbonyl (C=O) groups is 1. The molecule has 0 bridgehead atoms. The quantitative estimate of drug-likeness (QED) is 0.767. The van der Waals surface area contributed by atoms with E-state index in [0.29, 0.717) is 49.5 Å². The Hall–Kier alpha value is -1.44. The van der Waals surface area contributed by atoms with Crippen LogP contribution in [0.15, 0.2) is 23.1 Å². The molecule has 0 aromatic heterocycles. The van der Waals surface area contributed by atoms with Gasteiger partial charge in [-0.3, -0.25) is 9.69 Å². The van der Waals surface area contributed by atoms with Gasteiger partial charge in [0.2, 0.25) is 15.9 Å². The van der Waals surface area contributed by atoms with Crippen LogP contribution in [0.2, 0.25) is 0 Å². The zero-order valence-corrected chi connectivity index (χ0v) is 18.3. The Morgan fingerprint density at radius 1 is 1.00 bits per heavy atom. The van der Waals surface area contributed by atoms with Gasteiger partial charge in [-0.1, -0.05) is 19.9 Å². The molecular formula is C21H33N3O3S. The lowest BCUT2D eigenvalue weighted by Crippen LogP contribution is -2.52. The summed E-state index contributed by atoms with van der Waals surface area (Å²) >= 11 is 0. The second kappa shape index (κ2) is 8.51. The van der Waals surface area contributed by atoms with Gasteiger partial charge in [0.05, 0.1) is 11.4 Å². The molecule has 156 valence electrons. The van der Waals surface area contributed by atoms with Crippen LogP contribution in [0.3, 0.4) is 0 Å². The number of benzene rings is 1. The van der Waals surface area contributed by atoms with Crippen molar-refractivity contribution in [1.82, 2.24) is 14.1 Å². The number of amides is 1. The van der Waals surface area contributed by atoms with E-state index in [1.165, 1.54) is 6.42 Å². The minimum Gasteiger partial charge on any atom is -0.341 e. The zero-order valence-electron chi connectivity index (χ0n) is 17.5. The monoisotopic (exact) mass is 407 g/mol. The first-order valence-electron chi connectivity index (χ1n) is 10.2. The maximum Gasteiger partial charge on any atom is 0.243 e. The van der Waals surface area contributed by atoms with E-state index < -0.39 is 10.0 Å². The van der Waals surface area contributed by atoms with Crippen LogP contribution in [0.25, 0.3) is 0 Å². The number of aryl methyl sites for hydroxylation is 2. The molecule has 2 aliphatic heterocycles. The molecule has 1 aromatic rings. The first kappa shape index (κ1) is 21.3. The van der Waals surface area contributed by atoms with Gasteiger partial charge < -0.3 is 4.90 Å². The van der Waals surface area contributed by atoms with E-state index in [0.717, 1.165) is 24.2 Å². The normalized spacial score (nSPS) is 25.1. The van der Waals surface area contributed by atoms with Crippen molar-refractivity contribution in [2.24, 2.45) is 11.8 Å². The molecule has 0 spiro atoms. The number of likely N-dealkylation sites (tertiary alicyclic amines) is 1. The lowest BCUT2D eigenvalue weighted by Gasteiger charge is -2.38. The van der Waals surface area contributed by atoms with Gasteiger partial charge in [0.15, 0.2) is 0 Å². The van der Waals surface area contributed by atoms with Crippen molar-refractivity contribution in [3.8, 4) is 0 Å². The van der Waals surface area contributed by atoms with E-state index in [-0.39, 0.29) is 5.91 Å². The fraction of sp³-hybridized carbons (Fsp3) is 0.667. The molecule has 0 aliphatic carbocycles. The molecule has 2 atom stereocenters. The standard InChI is InChI=1S/C21H33N3O3S/c1-16-11-17(2)14-23(13-16)21(25)15-22-7-9-24(10-8-22)28(26,27)20-6-5-18(3)19(4)12-20/h5-6,12,16-17H,7-11,13-15H2,1-4H3. The number of hydrogen-bond donors (Lipinski definition) is 0. The van der Waals surface area contributed by atoms with Crippen LogP contribution >= 0.6 is 0 Å².